The Labute approximate surface area is 86.3 Å². The molecule has 0 aliphatic carbocycles. The molecule has 1 aliphatic rings. The maximum Gasteiger partial charge on any atom is 0.310 e. The van der Waals surface area contributed by atoms with Crippen molar-refractivity contribution in [2.24, 2.45) is 0 Å². The fourth-order valence-corrected chi connectivity index (χ4v) is 1.51. The number of nitrogens with one attached hydrogen (secondary N) is 1. The Hall–Kier alpha value is -1.72. The van der Waals surface area contributed by atoms with Crippen LogP contribution in [-0.4, -0.2) is 35.5 Å². The standard InChI is InChI=1S/C9H11FN4O/c1-6-4-7(13-9(10)12-6)14-3-2-11-8(15)5-14/h4H,2-3,5H2,1H3,(H,11,15). The van der Waals surface area contributed by atoms with Gasteiger partial charge in [0.05, 0.1) is 6.54 Å². The molecule has 1 fully saturated rings. The molecule has 15 heavy (non-hydrogen) atoms. The highest BCUT2D eigenvalue weighted by atomic mass is 19.1. The number of hydrogen-bond donors (Lipinski definition) is 1. The number of aryl methyl sites for hydroxylation is 1. The molecule has 6 heteroatoms. The number of aromatic nitrogens is 2. The molecule has 0 bridgehead atoms. The van der Waals surface area contributed by atoms with Crippen LogP contribution in [0.25, 0.3) is 0 Å². The van der Waals surface area contributed by atoms with Crippen LogP contribution >= 0.6 is 0 Å². The van der Waals surface area contributed by atoms with Crippen LogP contribution in [0.3, 0.4) is 0 Å². The van der Waals surface area contributed by atoms with Crippen molar-refractivity contribution in [2.75, 3.05) is 24.5 Å². The number of halogens is 1. The third-order valence-corrected chi connectivity index (χ3v) is 2.18. The summed E-state index contributed by atoms with van der Waals surface area (Å²) in [4.78, 5) is 20.1. The molecule has 80 valence electrons. The Kier molecular flexibility index (Phi) is 2.49. The van der Waals surface area contributed by atoms with Gasteiger partial charge in [0, 0.05) is 24.8 Å². The monoisotopic (exact) mass is 210 g/mol. The zero-order valence-electron chi connectivity index (χ0n) is 8.33. The van der Waals surface area contributed by atoms with E-state index in [1.165, 1.54) is 0 Å². The lowest BCUT2D eigenvalue weighted by molar-refractivity contribution is -0.120. The van der Waals surface area contributed by atoms with Crippen LogP contribution < -0.4 is 10.2 Å². The van der Waals surface area contributed by atoms with Crippen molar-refractivity contribution in [2.45, 2.75) is 6.92 Å². The van der Waals surface area contributed by atoms with Gasteiger partial charge in [-0.15, -0.1) is 0 Å². The molecule has 1 saturated heterocycles. The van der Waals surface area contributed by atoms with Crippen molar-refractivity contribution in [3.63, 3.8) is 0 Å². The van der Waals surface area contributed by atoms with Gasteiger partial charge in [-0.3, -0.25) is 4.79 Å². The maximum atomic E-state index is 12.9. The van der Waals surface area contributed by atoms with E-state index in [-0.39, 0.29) is 12.5 Å². The average molecular weight is 210 g/mol. The number of hydrogen-bond acceptors (Lipinski definition) is 4. The molecular weight excluding hydrogens is 199 g/mol. The number of carbonyl (C=O) groups is 1. The minimum absolute atomic E-state index is 0.0714. The van der Waals surface area contributed by atoms with Crippen LogP contribution in [0.2, 0.25) is 0 Å². The van der Waals surface area contributed by atoms with E-state index in [2.05, 4.69) is 15.3 Å². The minimum Gasteiger partial charge on any atom is -0.353 e. The molecule has 2 heterocycles. The van der Waals surface area contributed by atoms with E-state index in [1.54, 1.807) is 17.9 Å². The van der Waals surface area contributed by atoms with E-state index in [9.17, 15) is 9.18 Å². The summed E-state index contributed by atoms with van der Waals surface area (Å²) in [5.41, 5.74) is 0.559. The van der Waals surface area contributed by atoms with E-state index >= 15 is 0 Å². The first-order chi connectivity index (χ1) is 7.15. The van der Waals surface area contributed by atoms with Crippen LogP contribution in [0.5, 0.6) is 0 Å². The lowest BCUT2D eigenvalue weighted by Gasteiger charge is -2.27. The van der Waals surface area contributed by atoms with E-state index in [4.69, 9.17) is 0 Å². The summed E-state index contributed by atoms with van der Waals surface area (Å²) in [6.07, 6.45) is -0.754. The molecule has 1 N–H and O–H groups in total. The van der Waals surface area contributed by atoms with Gasteiger partial charge in [0.1, 0.15) is 5.82 Å². The van der Waals surface area contributed by atoms with Gasteiger partial charge in [-0.1, -0.05) is 0 Å². The van der Waals surface area contributed by atoms with E-state index in [0.717, 1.165) is 0 Å². The van der Waals surface area contributed by atoms with Crippen LogP contribution in [0.1, 0.15) is 5.69 Å². The highest BCUT2D eigenvalue weighted by molar-refractivity contribution is 5.82. The molecule has 0 aromatic carbocycles. The van der Waals surface area contributed by atoms with Crippen LogP contribution in [0, 0.1) is 13.0 Å². The molecule has 1 aromatic heterocycles. The Balaban J connectivity index is 2.24. The first-order valence-corrected chi connectivity index (χ1v) is 4.68. The van der Waals surface area contributed by atoms with Crippen molar-refractivity contribution in [3.8, 4) is 0 Å². The minimum atomic E-state index is -0.754. The maximum absolute atomic E-state index is 12.9. The lowest BCUT2D eigenvalue weighted by atomic mass is 10.3. The SMILES string of the molecule is Cc1cc(N2CCNC(=O)C2)nc(F)n1. The van der Waals surface area contributed by atoms with Gasteiger partial charge in [0.2, 0.25) is 5.91 Å². The average Bonchev–Trinajstić information content (AvgIpc) is 2.16. The molecule has 0 saturated carbocycles. The molecule has 0 spiro atoms. The summed E-state index contributed by atoms with van der Waals surface area (Å²) < 4.78 is 12.9. The normalized spacial score (nSPS) is 16.4. The van der Waals surface area contributed by atoms with E-state index in [0.29, 0.717) is 24.6 Å². The quantitative estimate of drug-likeness (QED) is 0.655. The fraction of sp³-hybridized carbons (Fsp3) is 0.444. The second-order valence-electron chi connectivity index (χ2n) is 3.41. The van der Waals surface area contributed by atoms with Crippen molar-refractivity contribution >= 4 is 11.7 Å². The third-order valence-electron chi connectivity index (χ3n) is 2.18. The van der Waals surface area contributed by atoms with Gasteiger partial charge in [-0.05, 0) is 6.92 Å². The van der Waals surface area contributed by atoms with Crippen molar-refractivity contribution in [1.29, 1.82) is 0 Å². The van der Waals surface area contributed by atoms with Crippen LogP contribution in [-0.2, 0) is 4.79 Å². The summed E-state index contributed by atoms with van der Waals surface area (Å²) in [7, 11) is 0. The highest BCUT2D eigenvalue weighted by Gasteiger charge is 2.18. The Bertz CT molecular complexity index is 375. The molecule has 1 aromatic rings. The van der Waals surface area contributed by atoms with Gasteiger partial charge in [0.15, 0.2) is 0 Å². The molecule has 5 nitrogen and oxygen atoms in total. The summed E-state index contributed by atoms with van der Waals surface area (Å²) in [6.45, 7) is 3.11. The van der Waals surface area contributed by atoms with Crippen molar-refractivity contribution in [1.82, 2.24) is 15.3 Å². The van der Waals surface area contributed by atoms with Crippen molar-refractivity contribution < 1.29 is 9.18 Å². The molecular formula is C9H11FN4O. The first-order valence-electron chi connectivity index (χ1n) is 4.68. The summed E-state index contributed by atoms with van der Waals surface area (Å²) in [6, 6.07) is 1.67. The molecule has 1 aliphatic heterocycles. The zero-order chi connectivity index (χ0) is 10.8. The lowest BCUT2D eigenvalue weighted by Crippen LogP contribution is -2.48. The number of carbonyl (C=O) groups excluding carboxylic acids is 1. The Morgan fingerprint density at radius 3 is 3.00 bits per heavy atom. The number of amides is 1. The predicted molar refractivity (Wildman–Crippen MR) is 51.9 cm³/mol. The van der Waals surface area contributed by atoms with Crippen LogP contribution in [0.15, 0.2) is 6.07 Å². The zero-order valence-corrected chi connectivity index (χ0v) is 8.33. The van der Waals surface area contributed by atoms with Crippen LogP contribution in [0.4, 0.5) is 10.2 Å². The van der Waals surface area contributed by atoms with Gasteiger partial charge in [-0.25, -0.2) is 4.98 Å². The number of piperazine rings is 1. The number of rotatable bonds is 1. The second kappa shape index (κ2) is 3.80. The van der Waals surface area contributed by atoms with Crippen molar-refractivity contribution in [3.05, 3.63) is 17.8 Å². The third kappa shape index (κ3) is 2.20. The molecule has 0 unspecified atom stereocenters. The second-order valence-corrected chi connectivity index (χ2v) is 3.41. The van der Waals surface area contributed by atoms with Gasteiger partial charge < -0.3 is 10.2 Å². The Morgan fingerprint density at radius 1 is 1.53 bits per heavy atom. The number of nitrogens with zero attached hydrogens (tertiary/aromatic N) is 3. The summed E-state index contributed by atoms with van der Waals surface area (Å²) >= 11 is 0. The highest BCUT2D eigenvalue weighted by Crippen LogP contribution is 2.12. The van der Waals surface area contributed by atoms with Gasteiger partial charge in [-0.2, -0.15) is 9.37 Å². The van der Waals surface area contributed by atoms with Gasteiger partial charge in [0.25, 0.3) is 0 Å². The Morgan fingerprint density at radius 2 is 2.33 bits per heavy atom. The summed E-state index contributed by atoms with van der Waals surface area (Å²) in [5, 5.41) is 2.69. The molecule has 2 rings (SSSR count). The fourth-order valence-electron chi connectivity index (χ4n) is 1.51. The smallest absolute Gasteiger partial charge is 0.310 e. The van der Waals surface area contributed by atoms with Gasteiger partial charge >= 0.3 is 6.08 Å². The molecule has 0 radical (unpaired) electrons. The topological polar surface area (TPSA) is 58.1 Å². The molecule has 0 atom stereocenters. The largest absolute Gasteiger partial charge is 0.353 e. The summed E-state index contributed by atoms with van der Waals surface area (Å²) in [5.74, 6) is 0.396. The van der Waals surface area contributed by atoms with E-state index in [1.807, 2.05) is 0 Å². The molecule has 1 amide bonds. The number of anilines is 1. The first kappa shape index (κ1) is 9.82. The van der Waals surface area contributed by atoms with E-state index < -0.39 is 6.08 Å². The predicted octanol–water partition coefficient (Wildman–Crippen LogP) is -0.140.